The molecule has 2 fully saturated rings. The van der Waals surface area contributed by atoms with Crippen LogP contribution >= 0.6 is 11.6 Å². The maximum atomic E-state index is 11.9. The Kier molecular flexibility index (Phi) is 4.63. The Morgan fingerprint density at radius 1 is 1.27 bits per heavy atom. The van der Waals surface area contributed by atoms with Gasteiger partial charge in [-0.15, -0.1) is 0 Å². The number of rotatable bonds is 6. The second-order valence-corrected chi connectivity index (χ2v) is 7.86. The summed E-state index contributed by atoms with van der Waals surface area (Å²) >= 11 is 6.26. The molecule has 3 aromatic rings. The number of nitrogens with zero attached hydrogens (tertiary/aromatic N) is 3. The number of hydrogen-bond acceptors (Lipinski definition) is 6. The van der Waals surface area contributed by atoms with Crippen LogP contribution in [0.3, 0.4) is 0 Å². The van der Waals surface area contributed by atoms with Crippen molar-refractivity contribution in [2.75, 3.05) is 10.6 Å². The third kappa shape index (κ3) is 3.73. The normalized spacial score (nSPS) is 17.6. The molecule has 1 aliphatic carbocycles. The van der Waals surface area contributed by atoms with E-state index in [1.165, 1.54) is 0 Å². The molecular formula is C21H19ClN6O2. The van der Waals surface area contributed by atoms with Crippen LogP contribution in [0, 0.1) is 0 Å². The molecule has 0 unspecified atom stereocenters. The second-order valence-electron chi connectivity index (χ2n) is 7.45. The molecule has 0 atom stereocenters. The Hall–Kier alpha value is -3.39. The number of benzene rings is 1. The highest BCUT2D eigenvalue weighted by Crippen LogP contribution is 2.28. The summed E-state index contributed by atoms with van der Waals surface area (Å²) < 4.78 is 1.72. The number of aromatic nitrogens is 3. The van der Waals surface area contributed by atoms with Gasteiger partial charge in [0, 0.05) is 34.8 Å². The first kappa shape index (κ1) is 18.6. The van der Waals surface area contributed by atoms with Crippen LogP contribution in [-0.2, 0) is 16.1 Å². The first-order valence-electron chi connectivity index (χ1n) is 9.74. The van der Waals surface area contributed by atoms with Crippen molar-refractivity contribution in [3.8, 4) is 0 Å². The number of hydrogen-bond donors (Lipinski definition) is 3. The lowest BCUT2D eigenvalue weighted by molar-refractivity contribution is -0.124. The smallest absolute Gasteiger partial charge is 0.254 e. The summed E-state index contributed by atoms with van der Waals surface area (Å²) in [6, 6.07) is 9.99. The van der Waals surface area contributed by atoms with E-state index in [-0.39, 0.29) is 18.2 Å². The highest BCUT2D eigenvalue weighted by Gasteiger charge is 2.25. The van der Waals surface area contributed by atoms with Crippen LogP contribution in [0.15, 0.2) is 42.1 Å². The summed E-state index contributed by atoms with van der Waals surface area (Å²) in [4.78, 5) is 28.1. The molecule has 30 heavy (non-hydrogen) atoms. The van der Waals surface area contributed by atoms with Gasteiger partial charge in [0.05, 0.1) is 12.6 Å². The zero-order valence-corrected chi connectivity index (χ0v) is 16.7. The van der Waals surface area contributed by atoms with Gasteiger partial charge < -0.3 is 10.6 Å². The number of carbonyl (C=O) groups excluding carboxylic acids is 2. The summed E-state index contributed by atoms with van der Waals surface area (Å²) in [5, 5.41) is 14.2. The molecule has 152 valence electrons. The Labute approximate surface area is 177 Å². The number of fused-ring (bicyclic) bond motifs is 1. The summed E-state index contributed by atoms with van der Waals surface area (Å²) in [5.74, 6) is 0.816. The zero-order chi connectivity index (χ0) is 20.7. The number of amides is 2. The van der Waals surface area contributed by atoms with Gasteiger partial charge in [0.15, 0.2) is 5.65 Å². The number of nitrogens with one attached hydrogen (secondary N) is 3. The lowest BCUT2D eigenvalue weighted by atomic mass is 10.1. The van der Waals surface area contributed by atoms with E-state index in [4.69, 9.17) is 16.6 Å². The SMILES string of the molecule is O=C1C/C(=C\c2cnn3c(NC4CC4)cc(NCc4ccccc4Cl)nc23)C(=O)N1. The first-order valence-corrected chi connectivity index (χ1v) is 10.1. The van der Waals surface area contributed by atoms with E-state index >= 15 is 0 Å². The van der Waals surface area contributed by atoms with Gasteiger partial charge >= 0.3 is 0 Å². The molecule has 0 bridgehead atoms. The molecule has 1 aliphatic heterocycles. The van der Waals surface area contributed by atoms with E-state index in [0.29, 0.717) is 40.2 Å². The maximum absolute atomic E-state index is 11.9. The van der Waals surface area contributed by atoms with Crippen molar-refractivity contribution in [3.05, 3.63) is 58.3 Å². The molecule has 9 heteroatoms. The van der Waals surface area contributed by atoms with Crippen molar-refractivity contribution in [2.24, 2.45) is 0 Å². The largest absolute Gasteiger partial charge is 0.367 e. The van der Waals surface area contributed by atoms with Crippen LogP contribution in [0.4, 0.5) is 11.6 Å². The molecule has 2 aromatic heterocycles. The lowest BCUT2D eigenvalue weighted by Crippen LogP contribution is -2.19. The standard InChI is InChI=1S/C21H19ClN6O2/c22-16-4-2-1-3-12(16)10-23-17-9-18(25-15-5-6-15)28-20(26-17)14(11-24-28)7-13-8-19(29)27-21(13)30/h1-4,7,9,11,15,25H,5-6,8,10H2,(H,23,26)(H,27,29,30)/b13-7+. The number of halogens is 1. The van der Waals surface area contributed by atoms with Gasteiger partial charge in [0.1, 0.15) is 11.6 Å². The number of imide groups is 1. The predicted octanol–water partition coefficient (Wildman–Crippen LogP) is 3.00. The predicted molar refractivity (Wildman–Crippen MR) is 114 cm³/mol. The van der Waals surface area contributed by atoms with E-state index in [2.05, 4.69) is 21.0 Å². The summed E-state index contributed by atoms with van der Waals surface area (Å²) in [5.41, 5.74) is 2.65. The van der Waals surface area contributed by atoms with Crippen LogP contribution in [0.2, 0.25) is 5.02 Å². The van der Waals surface area contributed by atoms with Crippen molar-refractivity contribution in [1.29, 1.82) is 0 Å². The Balaban J connectivity index is 1.51. The summed E-state index contributed by atoms with van der Waals surface area (Å²) in [6.45, 7) is 0.521. The fraction of sp³-hybridized carbons (Fsp3) is 0.238. The van der Waals surface area contributed by atoms with Gasteiger partial charge in [-0.2, -0.15) is 9.61 Å². The van der Waals surface area contributed by atoms with Crippen molar-refractivity contribution >= 4 is 46.8 Å². The topological polar surface area (TPSA) is 100 Å². The summed E-state index contributed by atoms with van der Waals surface area (Å²) in [7, 11) is 0. The molecule has 2 aliphatic rings. The van der Waals surface area contributed by atoms with Gasteiger partial charge in [0.25, 0.3) is 5.91 Å². The molecule has 3 N–H and O–H groups in total. The zero-order valence-electron chi connectivity index (χ0n) is 16.0. The maximum Gasteiger partial charge on any atom is 0.254 e. The minimum atomic E-state index is -0.372. The molecule has 1 saturated heterocycles. The van der Waals surface area contributed by atoms with Gasteiger partial charge in [-0.1, -0.05) is 29.8 Å². The Bertz CT molecular complexity index is 1200. The van der Waals surface area contributed by atoms with Crippen LogP contribution in [0.25, 0.3) is 11.7 Å². The van der Waals surface area contributed by atoms with Gasteiger partial charge in [-0.05, 0) is 30.5 Å². The molecular weight excluding hydrogens is 404 g/mol. The van der Waals surface area contributed by atoms with Crippen LogP contribution in [-0.4, -0.2) is 32.5 Å². The Morgan fingerprint density at radius 3 is 2.83 bits per heavy atom. The van der Waals surface area contributed by atoms with Crippen molar-refractivity contribution in [2.45, 2.75) is 31.8 Å². The molecule has 0 radical (unpaired) electrons. The third-order valence-corrected chi connectivity index (χ3v) is 5.44. The van der Waals surface area contributed by atoms with E-state index in [1.807, 2.05) is 30.3 Å². The van der Waals surface area contributed by atoms with Crippen molar-refractivity contribution in [1.82, 2.24) is 19.9 Å². The van der Waals surface area contributed by atoms with Crippen LogP contribution in [0.5, 0.6) is 0 Å². The minimum absolute atomic E-state index is 0.0633. The number of anilines is 2. The molecule has 1 saturated carbocycles. The van der Waals surface area contributed by atoms with Gasteiger partial charge in [-0.25, -0.2) is 4.98 Å². The van der Waals surface area contributed by atoms with Crippen molar-refractivity contribution in [3.63, 3.8) is 0 Å². The third-order valence-electron chi connectivity index (χ3n) is 5.07. The Morgan fingerprint density at radius 2 is 2.10 bits per heavy atom. The molecule has 8 nitrogen and oxygen atoms in total. The van der Waals surface area contributed by atoms with Gasteiger partial charge in [0.2, 0.25) is 5.91 Å². The number of carbonyl (C=O) groups is 2. The average molecular weight is 423 g/mol. The molecule has 1 aromatic carbocycles. The molecule has 3 heterocycles. The quantitative estimate of drug-likeness (QED) is 0.417. The van der Waals surface area contributed by atoms with E-state index in [9.17, 15) is 9.59 Å². The molecule has 5 rings (SSSR count). The monoisotopic (exact) mass is 422 g/mol. The fourth-order valence-electron chi connectivity index (χ4n) is 3.35. The second kappa shape index (κ2) is 7.46. The van der Waals surface area contributed by atoms with E-state index in [1.54, 1.807) is 16.8 Å². The van der Waals surface area contributed by atoms with Crippen LogP contribution < -0.4 is 16.0 Å². The van der Waals surface area contributed by atoms with E-state index < -0.39 is 0 Å². The average Bonchev–Trinajstić information content (AvgIpc) is 3.36. The highest BCUT2D eigenvalue weighted by molar-refractivity contribution is 6.31. The first-order chi connectivity index (χ1) is 14.6. The highest BCUT2D eigenvalue weighted by atomic mass is 35.5. The molecule has 2 amide bonds. The molecule has 0 spiro atoms. The van der Waals surface area contributed by atoms with Crippen LogP contribution in [0.1, 0.15) is 30.4 Å². The van der Waals surface area contributed by atoms with E-state index in [0.717, 1.165) is 24.2 Å². The lowest BCUT2D eigenvalue weighted by Gasteiger charge is -2.12. The summed E-state index contributed by atoms with van der Waals surface area (Å²) in [6.07, 6.45) is 5.63. The minimum Gasteiger partial charge on any atom is -0.367 e. The van der Waals surface area contributed by atoms with Crippen molar-refractivity contribution < 1.29 is 9.59 Å². The fourth-order valence-corrected chi connectivity index (χ4v) is 3.55. The van der Waals surface area contributed by atoms with Gasteiger partial charge in [-0.3, -0.25) is 14.9 Å².